The minimum absolute atomic E-state index is 0.114. The van der Waals surface area contributed by atoms with Gasteiger partial charge in [-0.15, -0.1) is 0 Å². The summed E-state index contributed by atoms with van der Waals surface area (Å²) in [6.07, 6.45) is 9.84. The van der Waals surface area contributed by atoms with Crippen molar-refractivity contribution in [2.24, 2.45) is 5.84 Å². The summed E-state index contributed by atoms with van der Waals surface area (Å²) in [5.41, 5.74) is 3.93. The molecule has 1 aromatic heterocycles. The maximum atomic E-state index is 5.90. The number of ether oxygens (including phenoxy) is 1. The van der Waals surface area contributed by atoms with Gasteiger partial charge in [0, 0.05) is 25.8 Å². The number of methoxy groups -OCH3 is 1. The zero-order valence-electron chi connectivity index (χ0n) is 13.6. The van der Waals surface area contributed by atoms with Crippen LogP contribution < -0.4 is 11.3 Å². The molecule has 2 atom stereocenters. The van der Waals surface area contributed by atoms with Crippen molar-refractivity contribution >= 4 is 0 Å². The van der Waals surface area contributed by atoms with E-state index in [1.54, 1.807) is 0 Å². The third kappa shape index (κ3) is 3.65. The van der Waals surface area contributed by atoms with Crippen molar-refractivity contribution in [2.45, 2.75) is 76.5 Å². The van der Waals surface area contributed by atoms with Crippen LogP contribution in [0.5, 0.6) is 0 Å². The number of aromatic nitrogens is 2. The van der Waals surface area contributed by atoms with Crippen molar-refractivity contribution < 1.29 is 4.74 Å². The molecule has 0 spiro atoms. The maximum Gasteiger partial charge on any atom is 0.0848 e. The average Bonchev–Trinajstić information content (AvgIpc) is 3.01. The summed E-state index contributed by atoms with van der Waals surface area (Å²) < 4.78 is 7.95. The molecule has 3 N–H and O–H groups in total. The summed E-state index contributed by atoms with van der Waals surface area (Å²) in [4.78, 5) is 0. The molecule has 2 unspecified atom stereocenters. The lowest BCUT2D eigenvalue weighted by Gasteiger charge is -2.42. The first-order valence-electron chi connectivity index (χ1n) is 8.20. The van der Waals surface area contributed by atoms with Gasteiger partial charge in [-0.2, -0.15) is 5.10 Å². The van der Waals surface area contributed by atoms with Crippen LogP contribution in [0.25, 0.3) is 0 Å². The molecule has 0 saturated heterocycles. The molecule has 1 aliphatic carbocycles. The van der Waals surface area contributed by atoms with Crippen LogP contribution in [0.2, 0.25) is 0 Å². The molecule has 1 fully saturated rings. The molecule has 0 bridgehead atoms. The van der Waals surface area contributed by atoms with Gasteiger partial charge in [-0.1, -0.05) is 26.2 Å². The Morgan fingerprint density at radius 2 is 2.14 bits per heavy atom. The van der Waals surface area contributed by atoms with Gasteiger partial charge in [-0.3, -0.25) is 16.0 Å². The van der Waals surface area contributed by atoms with Gasteiger partial charge in [0.1, 0.15) is 0 Å². The average molecular weight is 294 g/mol. The number of rotatable bonds is 7. The van der Waals surface area contributed by atoms with E-state index in [4.69, 9.17) is 15.7 Å². The van der Waals surface area contributed by atoms with Crippen molar-refractivity contribution in [2.75, 3.05) is 7.11 Å². The minimum atomic E-state index is -0.146. The monoisotopic (exact) mass is 294 g/mol. The van der Waals surface area contributed by atoms with Crippen LogP contribution in [0.1, 0.15) is 64.1 Å². The Kier molecular flexibility index (Phi) is 5.79. The van der Waals surface area contributed by atoms with Crippen LogP contribution in [-0.4, -0.2) is 28.5 Å². The number of hydrogen-bond donors (Lipinski definition) is 2. The number of nitrogens with zero attached hydrogens (tertiary/aromatic N) is 2. The highest BCUT2D eigenvalue weighted by Crippen LogP contribution is 2.35. The zero-order chi connectivity index (χ0) is 15.3. The van der Waals surface area contributed by atoms with E-state index >= 15 is 0 Å². The fraction of sp³-hybridized carbons (Fsp3) is 0.812. The summed E-state index contributed by atoms with van der Waals surface area (Å²) >= 11 is 0. The summed E-state index contributed by atoms with van der Waals surface area (Å²) in [6, 6.07) is 2.65. The van der Waals surface area contributed by atoms with E-state index in [0.29, 0.717) is 6.04 Å². The van der Waals surface area contributed by atoms with Gasteiger partial charge in [0.15, 0.2) is 0 Å². The Morgan fingerprint density at radius 3 is 2.71 bits per heavy atom. The molecule has 1 aliphatic rings. The first kappa shape index (κ1) is 16.5. The van der Waals surface area contributed by atoms with Gasteiger partial charge in [0.25, 0.3) is 0 Å². The van der Waals surface area contributed by atoms with E-state index < -0.39 is 0 Å². The molecule has 0 radical (unpaired) electrons. The summed E-state index contributed by atoms with van der Waals surface area (Å²) in [7, 11) is 1.81. The molecule has 0 aliphatic heterocycles. The molecule has 120 valence electrons. The molecule has 1 heterocycles. The van der Waals surface area contributed by atoms with Crippen molar-refractivity contribution in [3.63, 3.8) is 0 Å². The van der Waals surface area contributed by atoms with Gasteiger partial charge < -0.3 is 4.74 Å². The van der Waals surface area contributed by atoms with E-state index in [9.17, 15) is 0 Å². The quantitative estimate of drug-likeness (QED) is 0.599. The summed E-state index contributed by atoms with van der Waals surface area (Å²) in [5.74, 6) is 5.84. The molecule has 21 heavy (non-hydrogen) atoms. The van der Waals surface area contributed by atoms with Crippen LogP contribution in [-0.2, 0) is 11.2 Å². The van der Waals surface area contributed by atoms with Crippen molar-refractivity contribution in [1.82, 2.24) is 15.2 Å². The van der Waals surface area contributed by atoms with Crippen LogP contribution in [0, 0.1) is 0 Å². The van der Waals surface area contributed by atoms with E-state index in [1.807, 2.05) is 11.8 Å². The molecule has 5 heteroatoms. The minimum Gasteiger partial charge on any atom is -0.377 e. The predicted molar refractivity (Wildman–Crippen MR) is 84.9 cm³/mol. The van der Waals surface area contributed by atoms with Crippen molar-refractivity contribution in [1.29, 1.82) is 0 Å². The smallest absolute Gasteiger partial charge is 0.0848 e. The van der Waals surface area contributed by atoms with Gasteiger partial charge in [-0.05, 0) is 32.3 Å². The standard InChI is InChI=1S/C16H30N4O/c1-4-13(2)20-11-8-14(19-20)12-15(18-17)16(21-3)9-6-5-7-10-16/h8,11,13,15,18H,4-7,9-10,12,17H2,1-3H3. The lowest BCUT2D eigenvalue weighted by atomic mass is 9.78. The molecule has 0 aromatic carbocycles. The highest BCUT2D eigenvalue weighted by molar-refractivity contribution is 5.07. The molecule has 5 nitrogen and oxygen atoms in total. The summed E-state index contributed by atoms with van der Waals surface area (Å²) in [5, 5.41) is 4.69. The lowest BCUT2D eigenvalue weighted by Crippen LogP contribution is -2.56. The largest absolute Gasteiger partial charge is 0.377 e. The van der Waals surface area contributed by atoms with E-state index in [0.717, 1.165) is 31.4 Å². The van der Waals surface area contributed by atoms with Gasteiger partial charge >= 0.3 is 0 Å². The fourth-order valence-electron chi connectivity index (χ4n) is 3.37. The highest BCUT2D eigenvalue weighted by atomic mass is 16.5. The third-order valence-corrected chi connectivity index (χ3v) is 5.06. The Labute approximate surface area is 128 Å². The Morgan fingerprint density at radius 1 is 1.43 bits per heavy atom. The molecule has 1 saturated carbocycles. The zero-order valence-corrected chi connectivity index (χ0v) is 13.6. The van der Waals surface area contributed by atoms with Gasteiger partial charge in [-0.25, -0.2) is 0 Å². The number of nitrogens with two attached hydrogens (primary N) is 1. The van der Waals surface area contributed by atoms with Gasteiger partial charge in [0.05, 0.1) is 17.3 Å². The van der Waals surface area contributed by atoms with E-state index in [1.165, 1.54) is 19.3 Å². The van der Waals surface area contributed by atoms with Crippen molar-refractivity contribution in [3.8, 4) is 0 Å². The molecule has 0 amide bonds. The van der Waals surface area contributed by atoms with Crippen LogP contribution in [0.15, 0.2) is 12.3 Å². The van der Waals surface area contributed by atoms with Crippen LogP contribution in [0.3, 0.4) is 0 Å². The Balaban J connectivity index is 2.09. The molecule has 1 aromatic rings. The first-order valence-corrected chi connectivity index (χ1v) is 8.20. The number of nitrogens with one attached hydrogen (secondary N) is 1. The van der Waals surface area contributed by atoms with Crippen LogP contribution >= 0.6 is 0 Å². The third-order valence-electron chi connectivity index (χ3n) is 5.06. The fourth-order valence-corrected chi connectivity index (χ4v) is 3.37. The summed E-state index contributed by atoms with van der Waals surface area (Å²) in [6.45, 7) is 4.37. The second-order valence-corrected chi connectivity index (χ2v) is 6.30. The second kappa shape index (κ2) is 7.38. The van der Waals surface area contributed by atoms with E-state index in [-0.39, 0.29) is 11.6 Å². The number of hydrazine groups is 1. The maximum absolute atomic E-state index is 5.90. The van der Waals surface area contributed by atoms with Gasteiger partial charge in [0.2, 0.25) is 0 Å². The molecule has 2 rings (SSSR count). The topological polar surface area (TPSA) is 65.1 Å². The SMILES string of the molecule is CCC(C)n1ccc(CC(NN)C2(OC)CCCCC2)n1. The second-order valence-electron chi connectivity index (χ2n) is 6.30. The first-order chi connectivity index (χ1) is 10.1. The molecular formula is C16H30N4O. The normalized spacial score (nSPS) is 21.1. The molecular weight excluding hydrogens is 264 g/mol. The van der Waals surface area contributed by atoms with E-state index in [2.05, 4.69) is 31.5 Å². The Bertz CT molecular complexity index is 426. The lowest BCUT2D eigenvalue weighted by molar-refractivity contribution is -0.0676. The highest BCUT2D eigenvalue weighted by Gasteiger charge is 2.39. The Hall–Kier alpha value is -0.910. The predicted octanol–water partition coefficient (Wildman–Crippen LogP) is 2.58. The van der Waals surface area contributed by atoms with Crippen LogP contribution in [0.4, 0.5) is 0 Å². The van der Waals surface area contributed by atoms with Crippen molar-refractivity contribution in [3.05, 3.63) is 18.0 Å². The number of hydrogen-bond acceptors (Lipinski definition) is 4.